The van der Waals surface area contributed by atoms with Gasteiger partial charge in [-0.05, 0) is 17.7 Å². The van der Waals surface area contributed by atoms with E-state index < -0.39 is 4.58 Å². The van der Waals surface area contributed by atoms with Crippen LogP contribution in [0, 0.1) is 0 Å². The molecule has 0 aliphatic rings. The van der Waals surface area contributed by atoms with Gasteiger partial charge in [0.1, 0.15) is 4.70 Å². The fourth-order valence-electron chi connectivity index (χ4n) is 1.46. The van der Waals surface area contributed by atoms with Crippen LogP contribution in [0.4, 0.5) is 0 Å². The molecule has 5 nitrogen and oxygen atoms in total. The Labute approximate surface area is 122 Å². The molecule has 2 aromatic rings. The zero-order valence-electron chi connectivity index (χ0n) is 10.6. The van der Waals surface area contributed by atoms with Crippen LogP contribution in [0.5, 0.6) is 0 Å². The highest BCUT2D eigenvalue weighted by Gasteiger charge is 2.22. The Morgan fingerprint density at radius 2 is 2.32 bits per heavy atom. The van der Waals surface area contributed by atoms with Crippen molar-refractivity contribution in [1.82, 2.24) is 9.55 Å². The summed E-state index contributed by atoms with van der Waals surface area (Å²) in [6.45, 7) is 0. The number of carbonyl (C=O) groups is 1. The number of thioether (sulfide) groups is 2. The van der Waals surface area contributed by atoms with Gasteiger partial charge >= 0.3 is 5.97 Å². The second kappa shape index (κ2) is 5.98. The zero-order chi connectivity index (χ0) is 14.0. The van der Waals surface area contributed by atoms with Crippen LogP contribution in [0.15, 0.2) is 21.4 Å². The summed E-state index contributed by atoms with van der Waals surface area (Å²) >= 11 is 3.95. The largest absolute Gasteiger partial charge is 0.468 e. The first-order valence-corrected chi connectivity index (χ1v) is 8.34. The maximum Gasteiger partial charge on any atom is 0.329 e. The molecule has 0 aliphatic carbocycles. The molecule has 102 valence electrons. The number of ether oxygens (including phenoxy) is 1. The van der Waals surface area contributed by atoms with E-state index in [1.165, 1.54) is 46.5 Å². The normalized spacial score (nSPS) is 12.6. The van der Waals surface area contributed by atoms with Gasteiger partial charge in [0.25, 0.3) is 5.56 Å². The quantitative estimate of drug-likeness (QED) is 0.372. The maximum absolute atomic E-state index is 12.1. The van der Waals surface area contributed by atoms with Gasteiger partial charge in [-0.1, -0.05) is 11.8 Å². The first-order chi connectivity index (χ1) is 9.08. The van der Waals surface area contributed by atoms with E-state index >= 15 is 0 Å². The summed E-state index contributed by atoms with van der Waals surface area (Å²) in [7, 11) is 3.01. The Balaban J connectivity index is 2.42. The topological polar surface area (TPSA) is 61.2 Å². The summed E-state index contributed by atoms with van der Waals surface area (Å²) in [5.74, 6) is -0.336. The molecule has 0 amide bonds. The molecule has 0 saturated carbocycles. The molecule has 0 spiro atoms. The van der Waals surface area contributed by atoms with E-state index in [0.29, 0.717) is 15.4 Å². The Morgan fingerprint density at radius 3 is 2.95 bits per heavy atom. The van der Waals surface area contributed by atoms with Gasteiger partial charge in [0.2, 0.25) is 0 Å². The van der Waals surface area contributed by atoms with Crippen LogP contribution < -0.4 is 5.56 Å². The van der Waals surface area contributed by atoms with Crippen molar-refractivity contribution in [2.24, 2.45) is 7.05 Å². The van der Waals surface area contributed by atoms with Gasteiger partial charge in [0.05, 0.1) is 12.6 Å². The molecule has 2 aromatic heterocycles. The summed E-state index contributed by atoms with van der Waals surface area (Å²) in [5.41, 5.74) is 0.576. The average molecular weight is 316 g/mol. The van der Waals surface area contributed by atoms with Crippen molar-refractivity contribution in [3.05, 3.63) is 21.8 Å². The number of methoxy groups -OCH3 is 1. The van der Waals surface area contributed by atoms with Crippen molar-refractivity contribution in [1.29, 1.82) is 0 Å². The van der Waals surface area contributed by atoms with Gasteiger partial charge in [0, 0.05) is 7.05 Å². The van der Waals surface area contributed by atoms with Crippen molar-refractivity contribution in [2.75, 3.05) is 13.4 Å². The van der Waals surface area contributed by atoms with Crippen LogP contribution in [-0.4, -0.2) is 33.5 Å². The van der Waals surface area contributed by atoms with E-state index in [9.17, 15) is 9.59 Å². The van der Waals surface area contributed by atoms with Gasteiger partial charge in [-0.3, -0.25) is 9.36 Å². The SMILES string of the molecule is COC(=O)[C@@H](SC)Sc1nc2ccsc2c(=O)n1C. The highest BCUT2D eigenvalue weighted by Crippen LogP contribution is 2.29. The lowest BCUT2D eigenvalue weighted by molar-refractivity contribution is -0.138. The Bertz CT molecular complexity index is 665. The molecule has 0 bridgehead atoms. The molecule has 0 aromatic carbocycles. The van der Waals surface area contributed by atoms with E-state index in [4.69, 9.17) is 4.74 Å². The second-order valence-electron chi connectivity index (χ2n) is 3.60. The van der Waals surface area contributed by atoms with E-state index in [1.54, 1.807) is 13.1 Å². The summed E-state index contributed by atoms with van der Waals surface area (Å²) in [4.78, 5) is 28.1. The number of esters is 1. The average Bonchev–Trinajstić information content (AvgIpc) is 2.88. The third-order valence-corrected chi connectivity index (χ3v) is 5.83. The summed E-state index contributed by atoms with van der Waals surface area (Å²) in [5, 5.41) is 2.35. The standard InChI is InChI=1S/C11H12N2O3S3/c1-13-8(14)7-6(4-5-18-7)12-11(13)19-10(17-3)9(15)16-2/h4-5,10H,1-3H3/t10-/m0/s1. The van der Waals surface area contributed by atoms with Crippen molar-refractivity contribution in [2.45, 2.75) is 9.74 Å². The van der Waals surface area contributed by atoms with Gasteiger partial charge in [0.15, 0.2) is 9.74 Å². The molecule has 0 radical (unpaired) electrons. The van der Waals surface area contributed by atoms with Crippen molar-refractivity contribution in [3.63, 3.8) is 0 Å². The van der Waals surface area contributed by atoms with Crippen LogP contribution in [0.1, 0.15) is 0 Å². The van der Waals surface area contributed by atoms with E-state index in [2.05, 4.69) is 4.98 Å². The highest BCUT2D eigenvalue weighted by molar-refractivity contribution is 8.17. The summed E-state index contributed by atoms with van der Waals surface area (Å²) < 4.78 is 6.39. The number of aromatic nitrogens is 2. The smallest absolute Gasteiger partial charge is 0.329 e. The predicted molar refractivity (Wildman–Crippen MR) is 80.0 cm³/mol. The van der Waals surface area contributed by atoms with Gasteiger partial charge < -0.3 is 4.74 Å². The summed E-state index contributed by atoms with van der Waals surface area (Å²) in [6, 6.07) is 1.80. The number of hydrogen-bond donors (Lipinski definition) is 0. The molecule has 2 rings (SSSR count). The van der Waals surface area contributed by atoms with Crippen LogP contribution in [-0.2, 0) is 16.6 Å². The monoisotopic (exact) mass is 316 g/mol. The molecule has 0 fully saturated rings. The number of carbonyl (C=O) groups excluding carboxylic acids is 1. The first kappa shape index (κ1) is 14.4. The fourth-order valence-corrected chi connectivity index (χ4v) is 3.97. The molecule has 1 atom stereocenters. The van der Waals surface area contributed by atoms with Crippen molar-refractivity contribution >= 4 is 51.0 Å². The minimum atomic E-state index is -0.431. The van der Waals surface area contributed by atoms with E-state index in [0.717, 1.165) is 0 Å². The Hall–Kier alpha value is -0.990. The minimum Gasteiger partial charge on any atom is -0.468 e. The number of hydrogen-bond acceptors (Lipinski definition) is 7. The third-order valence-electron chi connectivity index (χ3n) is 2.47. The number of thiophene rings is 1. The maximum atomic E-state index is 12.1. The van der Waals surface area contributed by atoms with Crippen LogP contribution >= 0.6 is 34.9 Å². The molecule has 0 N–H and O–H groups in total. The zero-order valence-corrected chi connectivity index (χ0v) is 13.0. The highest BCUT2D eigenvalue weighted by atomic mass is 32.2. The lowest BCUT2D eigenvalue weighted by Crippen LogP contribution is -2.22. The summed E-state index contributed by atoms with van der Waals surface area (Å²) in [6.07, 6.45) is 1.82. The lowest BCUT2D eigenvalue weighted by Gasteiger charge is -2.13. The molecular formula is C11H12N2O3S3. The molecule has 2 heterocycles. The minimum absolute atomic E-state index is 0.0905. The van der Waals surface area contributed by atoms with Crippen LogP contribution in [0.25, 0.3) is 10.2 Å². The molecular weight excluding hydrogens is 304 g/mol. The van der Waals surface area contributed by atoms with Crippen molar-refractivity contribution in [3.8, 4) is 0 Å². The fraction of sp³-hybridized carbons (Fsp3) is 0.364. The lowest BCUT2D eigenvalue weighted by atomic mass is 10.5. The number of nitrogens with zero attached hydrogens (tertiary/aromatic N) is 2. The van der Waals surface area contributed by atoms with Crippen LogP contribution in [0.2, 0.25) is 0 Å². The first-order valence-electron chi connectivity index (χ1n) is 5.30. The third kappa shape index (κ3) is 2.80. The van der Waals surface area contributed by atoms with E-state index in [1.807, 2.05) is 11.6 Å². The second-order valence-corrected chi connectivity index (χ2v) is 6.83. The molecule has 19 heavy (non-hydrogen) atoms. The predicted octanol–water partition coefficient (Wildman–Crippen LogP) is 1.95. The van der Waals surface area contributed by atoms with Gasteiger partial charge in [-0.25, -0.2) is 9.78 Å². The molecule has 0 saturated heterocycles. The molecule has 0 aliphatic heterocycles. The number of fused-ring (bicyclic) bond motifs is 1. The molecule has 8 heteroatoms. The van der Waals surface area contributed by atoms with Crippen molar-refractivity contribution < 1.29 is 9.53 Å². The van der Waals surface area contributed by atoms with Crippen LogP contribution in [0.3, 0.4) is 0 Å². The Kier molecular flexibility index (Phi) is 4.54. The molecule has 0 unspecified atom stereocenters. The number of rotatable bonds is 4. The van der Waals surface area contributed by atoms with E-state index in [-0.39, 0.29) is 11.5 Å². The Morgan fingerprint density at radius 1 is 1.58 bits per heavy atom. The van der Waals surface area contributed by atoms with Gasteiger partial charge in [-0.15, -0.1) is 23.1 Å². The van der Waals surface area contributed by atoms with Gasteiger partial charge in [-0.2, -0.15) is 0 Å².